The first-order valence-corrected chi connectivity index (χ1v) is 16.9. The molecule has 238 valence electrons. The smallest absolute Gasteiger partial charge is 0.136 e. The van der Waals surface area contributed by atoms with Gasteiger partial charge in [-0.15, -0.1) is 0 Å². The van der Waals surface area contributed by atoms with Gasteiger partial charge in [-0.3, -0.25) is 0 Å². The van der Waals surface area contributed by atoms with Crippen LogP contribution in [0.4, 0.5) is 0 Å². The first-order chi connectivity index (χ1) is 28.7. The van der Waals surface area contributed by atoms with E-state index in [1.807, 2.05) is 115 Å². The van der Waals surface area contributed by atoms with E-state index in [4.69, 9.17) is 11.3 Å². The summed E-state index contributed by atoms with van der Waals surface area (Å²) < 4.78 is 77.3. The Balaban J connectivity index is 1.28. The molecule has 0 aliphatic rings. The Kier molecular flexibility index (Phi) is 5.21. The lowest BCUT2D eigenvalue weighted by molar-refractivity contribution is 0.669. The summed E-state index contributed by atoms with van der Waals surface area (Å²) in [6.07, 6.45) is 0. The average molecular weight is 657 g/mol. The number of fused-ring (bicyclic) bond motifs is 5. The fourth-order valence-electron chi connectivity index (χ4n) is 7.36. The quantitative estimate of drug-likeness (QED) is 0.168. The molecule has 0 saturated heterocycles. The topological polar surface area (TPSA) is 13.1 Å². The van der Waals surface area contributed by atoms with Crippen molar-refractivity contribution >= 4 is 43.5 Å². The Morgan fingerprint density at radius 1 is 0.353 bits per heavy atom. The first kappa shape index (κ1) is 22.1. The molecule has 0 bridgehead atoms. The normalized spacial score (nSPS) is 13.7. The van der Waals surface area contributed by atoms with Crippen LogP contribution in [0.3, 0.4) is 0 Å². The molecule has 0 spiro atoms. The maximum Gasteiger partial charge on any atom is 0.136 e. The zero-order valence-electron chi connectivity index (χ0n) is 35.3. The molecule has 1 aromatic heterocycles. The summed E-state index contributed by atoms with van der Waals surface area (Å²) in [4.78, 5) is 0. The van der Waals surface area contributed by atoms with Crippen LogP contribution in [0.5, 0.6) is 0 Å². The molecular formula is C50H32O. The van der Waals surface area contributed by atoms with E-state index >= 15 is 0 Å². The highest BCUT2D eigenvalue weighted by atomic mass is 16.3. The van der Waals surface area contributed by atoms with Gasteiger partial charge in [-0.1, -0.05) is 158 Å². The summed E-state index contributed by atoms with van der Waals surface area (Å²) in [7, 11) is 0. The molecule has 0 aliphatic carbocycles. The molecule has 1 heterocycles. The van der Waals surface area contributed by atoms with E-state index in [2.05, 4.69) is 18.2 Å². The summed E-state index contributed by atoms with van der Waals surface area (Å²) in [6.45, 7) is 0. The van der Waals surface area contributed by atoms with Crippen LogP contribution in [0.2, 0.25) is 0 Å². The second-order valence-corrected chi connectivity index (χ2v) is 12.6. The number of hydrogen-bond donors (Lipinski definition) is 0. The van der Waals surface area contributed by atoms with Crippen molar-refractivity contribution < 1.29 is 15.4 Å². The van der Waals surface area contributed by atoms with Crippen molar-refractivity contribution in [1.82, 2.24) is 0 Å². The third kappa shape index (κ3) is 4.94. The minimum atomic E-state index is -0.441. The molecule has 0 radical (unpaired) electrons. The summed E-state index contributed by atoms with van der Waals surface area (Å²) in [5.74, 6) is 0. The van der Waals surface area contributed by atoms with Crippen molar-refractivity contribution in [1.29, 1.82) is 0 Å². The predicted molar refractivity (Wildman–Crippen MR) is 216 cm³/mol. The zero-order valence-corrected chi connectivity index (χ0v) is 27.3. The molecule has 0 fully saturated rings. The minimum absolute atomic E-state index is 0.109. The van der Waals surface area contributed by atoms with Crippen molar-refractivity contribution in [3.05, 3.63) is 194 Å². The van der Waals surface area contributed by atoms with Crippen molar-refractivity contribution in [3.63, 3.8) is 0 Å². The van der Waals surface area contributed by atoms with Gasteiger partial charge in [-0.05, 0) is 114 Å². The van der Waals surface area contributed by atoms with Gasteiger partial charge in [0.25, 0.3) is 0 Å². The summed E-state index contributed by atoms with van der Waals surface area (Å²) in [5.41, 5.74) is 7.15. The molecule has 0 saturated carbocycles. The first-order valence-electron chi connectivity index (χ1n) is 20.9. The van der Waals surface area contributed by atoms with Crippen LogP contribution >= 0.6 is 0 Å². The van der Waals surface area contributed by atoms with Gasteiger partial charge in [0, 0.05) is 10.8 Å². The standard InChI is InChI=1S/C50H32O/c1-4-15-33(16-5-1)36-27-28-44-47(32-36)51-46-26-14-25-45(50(44)46)49-42-23-12-10-21-40(42)48(41-22-11-13-24-43(41)49)39-30-37(34-17-6-2-7-18-34)29-38(31-39)35-19-8-3-9-20-35/h1-32H/i1D,4D,5D,15D,16D,29D,30D,31D. The van der Waals surface area contributed by atoms with E-state index in [9.17, 15) is 4.11 Å². The predicted octanol–water partition coefficient (Wildman–Crippen LogP) is 14.2. The van der Waals surface area contributed by atoms with Crippen LogP contribution < -0.4 is 0 Å². The molecule has 51 heavy (non-hydrogen) atoms. The van der Waals surface area contributed by atoms with Gasteiger partial charge in [-0.2, -0.15) is 0 Å². The lowest BCUT2D eigenvalue weighted by atomic mass is 9.83. The van der Waals surface area contributed by atoms with Gasteiger partial charge in [0.1, 0.15) is 11.2 Å². The van der Waals surface area contributed by atoms with Gasteiger partial charge in [0.2, 0.25) is 0 Å². The van der Waals surface area contributed by atoms with E-state index in [0.717, 1.165) is 60.1 Å². The maximum atomic E-state index is 9.84. The van der Waals surface area contributed by atoms with Crippen molar-refractivity contribution in [2.75, 3.05) is 0 Å². The molecule has 1 heteroatoms. The lowest BCUT2D eigenvalue weighted by Gasteiger charge is -2.19. The number of rotatable bonds is 5. The molecule has 0 N–H and O–H groups in total. The highest BCUT2D eigenvalue weighted by Crippen LogP contribution is 2.48. The number of benzene rings is 9. The van der Waals surface area contributed by atoms with E-state index in [-0.39, 0.29) is 35.8 Å². The summed E-state index contributed by atoms with van der Waals surface area (Å²) in [6, 6.07) is 45.1. The van der Waals surface area contributed by atoms with E-state index in [1.165, 1.54) is 0 Å². The Labute approximate surface area is 307 Å². The van der Waals surface area contributed by atoms with E-state index < -0.39 is 18.1 Å². The van der Waals surface area contributed by atoms with Crippen LogP contribution in [-0.2, 0) is 0 Å². The third-order valence-electron chi connectivity index (χ3n) is 9.61. The monoisotopic (exact) mass is 656 g/mol. The van der Waals surface area contributed by atoms with Gasteiger partial charge in [0.15, 0.2) is 0 Å². The maximum absolute atomic E-state index is 9.84. The van der Waals surface area contributed by atoms with Gasteiger partial charge in [0.05, 0.1) is 11.0 Å². The summed E-state index contributed by atoms with van der Waals surface area (Å²) >= 11 is 0. The van der Waals surface area contributed by atoms with Crippen LogP contribution in [0.1, 0.15) is 11.0 Å². The van der Waals surface area contributed by atoms with Crippen molar-refractivity contribution in [3.8, 4) is 55.6 Å². The van der Waals surface area contributed by atoms with Crippen LogP contribution in [0, 0.1) is 0 Å². The highest BCUT2D eigenvalue weighted by Gasteiger charge is 2.21. The van der Waals surface area contributed by atoms with Crippen LogP contribution in [0.25, 0.3) is 99.1 Å². The fraction of sp³-hybridized carbons (Fsp3) is 0. The molecule has 9 aromatic carbocycles. The molecule has 10 aromatic rings. The fourth-order valence-corrected chi connectivity index (χ4v) is 7.36. The minimum Gasteiger partial charge on any atom is -0.456 e. The zero-order chi connectivity index (χ0) is 40.7. The Bertz CT molecular complexity index is 3200. The molecule has 10 rings (SSSR count). The SMILES string of the molecule is [2H]c1c([2H])c([2H])c(-c2ccc3c(c2)oc2cccc(-c4c5ccccc5c(-c5c([2H])c(-c6ccccc6)c([2H])c(-c6ccccc6)c5[2H])c5ccccc45)c23)c([2H])c1[2H]. The average Bonchev–Trinajstić information content (AvgIpc) is 3.64. The van der Waals surface area contributed by atoms with E-state index in [1.54, 1.807) is 12.1 Å². The van der Waals surface area contributed by atoms with Crippen molar-refractivity contribution in [2.45, 2.75) is 0 Å². The Morgan fingerprint density at radius 2 is 0.902 bits per heavy atom. The Hall–Kier alpha value is -6.70. The van der Waals surface area contributed by atoms with Crippen LogP contribution in [0.15, 0.2) is 198 Å². The van der Waals surface area contributed by atoms with Gasteiger partial charge < -0.3 is 4.42 Å². The third-order valence-corrected chi connectivity index (χ3v) is 9.61. The highest BCUT2D eigenvalue weighted by molar-refractivity contribution is 6.25. The van der Waals surface area contributed by atoms with Gasteiger partial charge >= 0.3 is 0 Å². The molecular weight excluding hydrogens is 617 g/mol. The summed E-state index contributed by atoms with van der Waals surface area (Å²) in [5, 5.41) is 5.19. The van der Waals surface area contributed by atoms with Crippen LogP contribution in [-0.4, -0.2) is 0 Å². The number of hydrogen-bond acceptors (Lipinski definition) is 1. The number of furan rings is 1. The second kappa shape index (κ2) is 12.0. The Morgan fingerprint density at radius 3 is 1.51 bits per heavy atom. The van der Waals surface area contributed by atoms with Gasteiger partial charge in [-0.25, -0.2) is 0 Å². The molecule has 0 atom stereocenters. The molecule has 0 unspecified atom stereocenters. The van der Waals surface area contributed by atoms with Crippen molar-refractivity contribution in [2.24, 2.45) is 0 Å². The molecule has 0 amide bonds. The molecule has 0 aliphatic heterocycles. The lowest BCUT2D eigenvalue weighted by Crippen LogP contribution is -1.92. The molecule has 1 nitrogen and oxygen atoms in total. The van der Waals surface area contributed by atoms with E-state index in [0.29, 0.717) is 33.4 Å². The largest absolute Gasteiger partial charge is 0.456 e. The second-order valence-electron chi connectivity index (χ2n) is 12.6.